The highest BCUT2D eigenvalue weighted by Crippen LogP contribution is 2.22. The fraction of sp³-hybridized carbons (Fsp3) is 0.200. The van der Waals surface area contributed by atoms with Gasteiger partial charge in [-0.1, -0.05) is 36.3 Å². The van der Waals surface area contributed by atoms with Crippen LogP contribution in [0.15, 0.2) is 73.1 Å². The van der Waals surface area contributed by atoms with Gasteiger partial charge in [0.25, 0.3) is 5.91 Å². The van der Waals surface area contributed by atoms with Gasteiger partial charge in [-0.05, 0) is 48.4 Å². The predicted molar refractivity (Wildman–Crippen MR) is 116 cm³/mol. The molecule has 0 saturated carbocycles. The molecule has 0 saturated heterocycles. The van der Waals surface area contributed by atoms with Crippen LogP contribution in [0.5, 0.6) is 11.5 Å². The highest BCUT2D eigenvalue weighted by Gasteiger charge is 2.20. The molecule has 152 valence electrons. The molecule has 0 spiro atoms. The van der Waals surface area contributed by atoms with E-state index < -0.39 is 0 Å². The third-order valence-corrected chi connectivity index (χ3v) is 4.51. The summed E-state index contributed by atoms with van der Waals surface area (Å²) < 4.78 is 11.0. The molecule has 5 heteroatoms. The summed E-state index contributed by atoms with van der Waals surface area (Å²) in [5.41, 5.74) is 2.48. The van der Waals surface area contributed by atoms with Crippen molar-refractivity contribution in [1.29, 1.82) is 0 Å². The summed E-state index contributed by atoms with van der Waals surface area (Å²) in [6.07, 6.45) is 3.49. The van der Waals surface area contributed by atoms with E-state index in [1.165, 1.54) is 0 Å². The summed E-state index contributed by atoms with van der Waals surface area (Å²) in [7, 11) is 1.57. The number of carbonyl (C=O) groups excluding carboxylic acids is 1. The molecule has 3 rings (SSSR count). The molecule has 0 N–H and O–H groups in total. The standard InChI is InChI=1S/C25H24N2O3/c1-3-4-16-30-22-13-11-20(12-14-22)18-27(19-21-8-7-15-26-17-21)25(28)23-9-5-6-10-24(23)29-2/h5-15,17H,16,18-19H2,1-2H3. The van der Waals surface area contributed by atoms with Crippen molar-refractivity contribution in [3.63, 3.8) is 0 Å². The van der Waals surface area contributed by atoms with Gasteiger partial charge in [-0.15, -0.1) is 5.92 Å². The van der Waals surface area contributed by atoms with Gasteiger partial charge in [0, 0.05) is 25.5 Å². The van der Waals surface area contributed by atoms with Gasteiger partial charge < -0.3 is 14.4 Å². The number of benzene rings is 2. The van der Waals surface area contributed by atoms with Crippen LogP contribution < -0.4 is 9.47 Å². The topological polar surface area (TPSA) is 51.7 Å². The summed E-state index contributed by atoms with van der Waals surface area (Å²) >= 11 is 0. The Bertz CT molecular complexity index is 1020. The van der Waals surface area contributed by atoms with E-state index in [-0.39, 0.29) is 5.91 Å². The Morgan fingerprint density at radius 2 is 1.77 bits per heavy atom. The average Bonchev–Trinajstić information content (AvgIpc) is 2.80. The van der Waals surface area contributed by atoms with Gasteiger partial charge in [-0.3, -0.25) is 9.78 Å². The first-order chi connectivity index (χ1) is 14.7. The lowest BCUT2D eigenvalue weighted by Gasteiger charge is -2.24. The average molecular weight is 400 g/mol. The Kier molecular flexibility index (Phi) is 7.45. The molecule has 0 aliphatic heterocycles. The Hall–Kier alpha value is -3.78. The second-order valence-corrected chi connectivity index (χ2v) is 6.58. The largest absolute Gasteiger partial charge is 0.496 e. The van der Waals surface area contributed by atoms with Gasteiger partial charge in [0.1, 0.15) is 18.1 Å². The fourth-order valence-electron chi connectivity index (χ4n) is 3.01. The quantitative estimate of drug-likeness (QED) is 0.528. The number of aromatic nitrogens is 1. The molecule has 2 aromatic carbocycles. The highest BCUT2D eigenvalue weighted by molar-refractivity contribution is 5.96. The molecule has 1 amide bonds. The SMILES string of the molecule is CC#CCOc1ccc(CN(Cc2cccnc2)C(=O)c2ccccc2OC)cc1. The van der Waals surface area contributed by atoms with Crippen molar-refractivity contribution in [1.82, 2.24) is 9.88 Å². The summed E-state index contributed by atoms with van der Waals surface area (Å²) in [5, 5.41) is 0. The third-order valence-electron chi connectivity index (χ3n) is 4.51. The van der Waals surface area contributed by atoms with Crippen molar-refractivity contribution in [3.05, 3.63) is 89.7 Å². The molecule has 0 aliphatic rings. The zero-order chi connectivity index (χ0) is 21.2. The lowest BCUT2D eigenvalue weighted by atomic mass is 10.1. The Morgan fingerprint density at radius 1 is 1.00 bits per heavy atom. The third kappa shape index (κ3) is 5.62. The summed E-state index contributed by atoms with van der Waals surface area (Å²) in [4.78, 5) is 19.3. The van der Waals surface area contributed by atoms with E-state index in [4.69, 9.17) is 9.47 Å². The number of methoxy groups -OCH3 is 1. The normalized spacial score (nSPS) is 9.93. The summed E-state index contributed by atoms with van der Waals surface area (Å²) in [5.74, 6) is 6.87. The minimum atomic E-state index is -0.102. The Morgan fingerprint density at radius 3 is 2.47 bits per heavy atom. The van der Waals surface area contributed by atoms with Gasteiger partial charge in [0.05, 0.1) is 12.7 Å². The number of carbonyl (C=O) groups is 1. The highest BCUT2D eigenvalue weighted by atomic mass is 16.5. The van der Waals surface area contributed by atoms with Crippen LogP contribution in [0.25, 0.3) is 0 Å². The molecule has 0 bridgehead atoms. The van der Waals surface area contributed by atoms with Crippen LogP contribution in [0.3, 0.4) is 0 Å². The van der Waals surface area contributed by atoms with E-state index in [1.54, 1.807) is 43.5 Å². The van der Waals surface area contributed by atoms with Crippen molar-refractivity contribution in [3.8, 4) is 23.3 Å². The van der Waals surface area contributed by atoms with Crippen molar-refractivity contribution in [2.24, 2.45) is 0 Å². The molecule has 1 aromatic heterocycles. The van der Waals surface area contributed by atoms with E-state index in [1.807, 2.05) is 48.5 Å². The maximum Gasteiger partial charge on any atom is 0.258 e. The second-order valence-electron chi connectivity index (χ2n) is 6.58. The number of para-hydroxylation sites is 1. The fourth-order valence-corrected chi connectivity index (χ4v) is 3.01. The number of hydrogen-bond acceptors (Lipinski definition) is 4. The first kappa shape index (κ1) is 20.9. The number of ether oxygens (including phenoxy) is 2. The Labute approximate surface area is 177 Å². The molecule has 3 aromatic rings. The zero-order valence-corrected chi connectivity index (χ0v) is 17.2. The van der Waals surface area contributed by atoms with E-state index in [0.29, 0.717) is 31.0 Å². The van der Waals surface area contributed by atoms with Gasteiger partial charge in [-0.2, -0.15) is 0 Å². The van der Waals surface area contributed by atoms with E-state index in [2.05, 4.69) is 16.8 Å². The van der Waals surface area contributed by atoms with Crippen molar-refractivity contribution < 1.29 is 14.3 Å². The van der Waals surface area contributed by atoms with Gasteiger partial charge >= 0.3 is 0 Å². The molecule has 0 fully saturated rings. The smallest absolute Gasteiger partial charge is 0.258 e. The van der Waals surface area contributed by atoms with Crippen molar-refractivity contribution in [2.45, 2.75) is 20.0 Å². The molecule has 0 atom stereocenters. The number of hydrogen-bond donors (Lipinski definition) is 0. The first-order valence-electron chi connectivity index (χ1n) is 9.64. The molecule has 30 heavy (non-hydrogen) atoms. The second kappa shape index (κ2) is 10.7. The number of pyridine rings is 1. The molecule has 5 nitrogen and oxygen atoms in total. The van der Waals surface area contributed by atoms with Gasteiger partial charge in [0.2, 0.25) is 0 Å². The molecule has 0 aliphatic carbocycles. The predicted octanol–water partition coefficient (Wildman–Crippen LogP) is 4.33. The maximum absolute atomic E-state index is 13.4. The monoisotopic (exact) mass is 400 g/mol. The lowest BCUT2D eigenvalue weighted by molar-refractivity contribution is 0.0726. The van der Waals surface area contributed by atoms with Crippen LogP contribution >= 0.6 is 0 Å². The molecular weight excluding hydrogens is 376 g/mol. The zero-order valence-electron chi connectivity index (χ0n) is 17.2. The van der Waals surface area contributed by atoms with E-state index >= 15 is 0 Å². The first-order valence-corrected chi connectivity index (χ1v) is 9.64. The number of nitrogens with zero attached hydrogens (tertiary/aromatic N) is 2. The van der Waals surface area contributed by atoms with Crippen molar-refractivity contribution >= 4 is 5.91 Å². The minimum Gasteiger partial charge on any atom is -0.496 e. The van der Waals surface area contributed by atoms with E-state index in [0.717, 1.165) is 16.9 Å². The Balaban J connectivity index is 1.82. The van der Waals surface area contributed by atoms with Gasteiger partial charge in [0.15, 0.2) is 0 Å². The lowest BCUT2D eigenvalue weighted by Crippen LogP contribution is -2.30. The molecule has 0 radical (unpaired) electrons. The van der Waals surface area contributed by atoms with Crippen LogP contribution in [0.2, 0.25) is 0 Å². The van der Waals surface area contributed by atoms with Crippen LogP contribution in [-0.2, 0) is 13.1 Å². The van der Waals surface area contributed by atoms with Crippen molar-refractivity contribution in [2.75, 3.05) is 13.7 Å². The molecule has 0 unspecified atom stereocenters. The van der Waals surface area contributed by atoms with E-state index in [9.17, 15) is 4.79 Å². The molecular formula is C25H24N2O3. The number of amides is 1. The summed E-state index contributed by atoms with van der Waals surface area (Å²) in [6.45, 7) is 3.02. The van der Waals surface area contributed by atoms with Crippen LogP contribution in [0.1, 0.15) is 28.4 Å². The van der Waals surface area contributed by atoms with Crippen LogP contribution in [-0.4, -0.2) is 29.5 Å². The van der Waals surface area contributed by atoms with Gasteiger partial charge in [-0.25, -0.2) is 0 Å². The summed E-state index contributed by atoms with van der Waals surface area (Å²) in [6, 6.07) is 18.8. The minimum absolute atomic E-state index is 0.102. The maximum atomic E-state index is 13.4. The number of rotatable bonds is 8. The van der Waals surface area contributed by atoms with Crippen LogP contribution in [0, 0.1) is 11.8 Å². The van der Waals surface area contributed by atoms with Crippen LogP contribution in [0.4, 0.5) is 0 Å². The molecule has 1 heterocycles.